The molecule has 2 heteroatoms. The SMILES string of the molecule is [CH2]CC/C=C/C(C)(O)CO. The number of allylic oxidation sites excluding steroid dienone is 1. The van der Waals surface area contributed by atoms with Crippen molar-refractivity contribution in [3.05, 3.63) is 19.1 Å². The molecule has 0 heterocycles. The van der Waals surface area contributed by atoms with E-state index in [2.05, 4.69) is 6.92 Å². The van der Waals surface area contributed by atoms with E-state index < -0.39 is 5.60 Å². The van der Waals surface area contributed by atoms with Crippen LogP contribution < -0.4 is 0 Å². The molecular weight excluding hydrogens is 128 g/mol. The van der Waals surface area contributed by atoms with Crippen molar-refractivity contribution in [2.24, 2.45) is 0 Å². The van der Waals surface area contributed by atoms with Gasteiger partial charge in [-0.05, 0) is 19.8 Å². The second-order valence-electron chi connectivity index (χ2n) is 2.56. The zero-order valence-electron chi connectivity index (χ0n) is 6.38. The molecule has 0 aliphatic heterocycles. The number of unbranched alkanes of at least 4 members (excludes halogenated alkanes) is 1. The van der Waals surface area contributed by atoms with E-state index in [1.807, 2.05) is 6.08 Å². The van der Waals surface area contributed by atoms with Gasteiger partial charge in [0.05, 0.1) is 6.61 Å². The maximum atomic E-state index is 9.19. The van der Waals surface area contributed by atoms with E-state index in [4.69, 9.17) is 5.11 Å². The van der Waals surface area contributed by atoms with Crippen LogP contribution >= 0.6 is 0 Å². The number of aliphatic hydroxyl groups is 2. The van der Waals surface area contributed by atoms with E-state index in [9.17, 15) is 5.11 Å². The minimum Gasteiger partial charge on any atom is -0.393 e. The lowest BCUT2D eigenvalue weighted by molar-refractivity contribution is 0.0433. The van der Waals surface area contributed by atoms with Crippen LogP contribution in [0.2, 0.25) is 0 Å². The van der Waals surface area contributed by atoms with Crippen LogP contribution in [0.4, 0.5) is 0 Å². The Labute approximate surface area is 62.2 Å². The lowest BCUT2D eigenvalue weighted by Crippen LogP contribution is -2.25. The highest BCUT2D eigenvalue weighted by Crippen LogP contribution is 2.04. The van der Waals surface area contributed by atoms with E-state index in [-0.39, 0.29) is 6.61 Å². The molecule has 0 saturated heterocycles. The van der Waals surface area contributed by atoms with Crippen molar-refractivity contribution in [1.82, 2.24) is 0 Å². The summed E-state index contributed by atoms with van der Waals surface area (Å²) in [5, 5.41) is 17.8. The Morgan fingerprint density at radius 1 is 1.60 bits per heavy atom. The zero-order chi connectivity index (χ0) is 8.04. The molecule has 2 N–H and O–H groups in total. The van der Waals surface area contributed by atoms with E-state index >= 15 is 0 Å². The molecule has 0 aliphatic carbocycles. The molecule has 2 nitrogen and oxygen atoms in total. The van der Waals surface area contributed by atoms with E-state index in [1.54, 1.807) is 13.0 Å². The lowest BCUT2D eigenvalue weighted by Gasteiger charge is -2.13. The fraction of sp³-hybridized carbons (Fsp3) is 0.625. The molecular formula is C8H15O2. The van der Waals surface area contributed by atoms with Gasteiger partial charge in [-0.15, -0.1) is 0 Å². The van der Waals surface area contributed by atoms with E-state index in [0.717, 1.165) is 12.8 Å². The molecule has 1 atom stereocenters. The monoisotopic (exact) mass is 143 g/mol. The fourth-order valence-electron chi connectivity index (χ4n) is 0.508. The van der Waals surface area contributed by atoms with Gasteiger partial charge in [-0.25, -0.2) is 0 Å². The van der Waals surface area contributed by atoms with Crippen molar-refractivity contribution in [3.8, 4) is 0 Å². The maximum Gasteiger partial charge on any atom is 0.103 e. The number of hydrogen-bond donors (Lipinski definition) is 2. The topological polar surface area (TPSA) is 40.5 Å². The van der Waals surface area contributed by atoms with Crippen molar-refractivity contribution < 1.29 is 10.2 Å². The van der Waals surface area contributed by atoms with Gasteiger partial charge >= 0.3 is 0 Å². The van der Waals surface area contributed by atoms with Crippen molar-refractivity contribution in [3.63, 3.8) is 0 Å². The Hall–Kier alpha value is -0.340. The number of rotatable bonds is 4. The molecule has 59 valence electrons. The Kier molecular flexibility index (Phi) is 4.32. The lowest BCUT2D eigenvalue weighted by atomic mass is 10.1. The first kappa shape index (κ1) is 9.66. The molecule has 0 aromatic rings. The third kappa shape index (κ3) is 4.53. The van der Waals surface area contributed by atoms with Crippen LogP contribution in [0.1, 0.15) is 19.8 Å². The molecule has 1 unspecified atom stereocenters. The first-order chi connectivity index (χ1) is 4.62. The summed E-state index contributed by atoms with van der Waals surface area (Å²) in [5.41, 5.74) is -1.06. The van der Waals surface area contributed by atoms with Gasteiger partial charge in [0.15, 0.2) is 0 Å². The first-order valence-corrected chi connectivity index (χ1v) is 3.42. The second kappa shape index (κ2) is 4.47. The number of aliphatic hydroxyl groups excluding tert-OH is 1. The van der Waals surface area contributed by atoms with Crippen LogP contribution in [0.15, 0.2) is 12.2 Å². The summed E-state index contributed by atoms with van der Waals surface area (Å²) in [4.78, 5) is 0. The zero-order valence-corrected chi connectivity index (χ0v) is 6.38. The standard InChI is InChI=1S/C8H15O2/c1-3-4-5-6-8(2,10)7-9/h5-6,9-10H,1,3-4,7H2,2H3/b6-5+. The average Bonchev–Trinajstić information content (AvgIpc) is 1.89. The molecule has 0 spiro atoms. The van der Waals surface area contributed by atoms with E-state index in [1.165, 1.54) is 0 Å². The summed E-state index contributed by atoms with van der Waals surface area (Å²) >= 11 is 0. The van der Waals surface area contributed by atoms with Gasteiger partial charge in [-0.3, -0.25) is 0 Å². The van der Waals surface area contributed by atoms with Crippen molar-refractivity contribution in [2.75, 3.05) is 6.61 Å². The minimum atomic E-state index is -1.06. The predicted octanol–water partition coefficient (Wildman–Crippen LogP) is 0.900. The normalized spacial score (nSPS) is 17.6. The van der Waals surface area contributed by atoms with E-state index in [0.29, 0.717) is 0 Å². The summed E-state index contributed by atoms with van der Waals surface area (Å²) in [5.74, 6) is 0. The van der Waals surface area contributed by atoms with Crippen molar-refractivity contribution >= 4 is 0 Å². The molecule has 0 aromatic heterocycles. The molecule has 0 rings (SSSR count). The minimum absolute atomic E-state index is 0.235. The second-order valence-corrected chi connectivity index (χ2v) is 2.56. The molecule has 10 heavy (non-hydrogen) atoms. The van der Waals surface area contributed by atoms with Gasteiger partial charge in [0.25, 0.3) is 0 Å². The molecule has 1 radical (unpaired) electrons. The van der Waals surface area contributed by atoms with Gasteiger partial charge in [0.1, 0.15) is 5.60 Å². The van der Waals surface area contributed by atoms with Crippen LogP contribution in [-0.2, 0) is 0 Å². The number of hydrogen-bond acceptors (Lipinski definition) is 2. The van der Waals surface area contributed by atoms with Gasteiger partial charge in [-0.1, -0.05) is 19.1 Å². The highest BCUT2D eigenvalue weighted by atomic mass is 16.3. The fourth-order valence-corrected chi connectivity index (χ4v) is 0.508. The van der Waals surface area contributed by atoms with Crippen LogP contribution in [0.25, 0.3) is 0 Å². The molecule has 0 fully saturated rings. The summed E-state index contributed by atoms with van der Waals surface area (Å²) in [6.45, 7) is 4.96. The third-order valence-corrected chi connectivity index (χ3v) is 1.17. The predicted molar refractivity (Wildman–Crippen MR) is 41.4 cm³/mol. The Bertz CT molecular complexity index is 106. The van der Waals surface area contributed by atoms with Crippen LogP contribution in [0, 0.1) is 6.92 Å². The largest absolute Gasteiger partial charge is 0.393 e. The van der Waals surface area contributed by atoms with Crippen LogP contribution in [0.3, 0.4) is 0 Å². The third-order valence-electron chi connectivity index (χ3n) is 1.17. The average molecular weight is 143 g/mol. The van der Waals surface area contributed by atoms with Crippen molar-refractivity contribution in [1.29, 1.82) is 0 Å². The highest BCUT2D eigenvalue weighted by Gasteiger charge is 2.12. The molecule has 0 aliphatic rings. The van der Waals surface area contributed by atoms with Crippen LogP contribution in [0.5, 0.6) is 0 Å². The molecule has 0 aromatic carbocycles. The molecule has 0 bridgehead atoms. The smallest absolute Gasteiger partial charge is 0.103 e. The summed E-state index contributed by atoms with van der Waals surface area (Å²) in [7, 11) is 0. The van der Waals surface area contributed by atoms with Gasteiger partial charge < -0.3 is 10.2 Å². The van der Waals surface area contributed by atoms with Gasteiger partial charge in [0.2, 0.25) is 0 Å². The Balaban J connectivity index is 3.63. The summed E-state index contributed by atoms with van der Waals surface area (Å²) in [6, 6.07) is 0. The summed E-state index contributed by atoms with van der Waals surface area (Å²) in [6.07, 6.45) is 5.08. The van der Waals surface area contributed by atoms with Crippen molar-refractivity contribution in [2.45, 2.75) is 25.4 Å². The maximum absolute atomic E-state index is 9.19. The highest BCUT2D eigenvalue weighted by molar-refractivity contribution is 4.97. The quantitative estimate of drug-likeness (QED) is 0.574. The first-order valence-electron chi connectivity index (χ1n) is 3.42. The molecule has 0 amide bonds. The Morgan fingerprint density at radius 2 is 2.20 bits per heavy atom. The Morgan fingerprint density at radius 3 is 2.60 bits per heavy atom. The van der Waals surface area contributed by atoms with Crippen LogP contribution in [-0.4, -0.2) is 22.4 Å². The van der Waals surface area contributed by atoms with Gasteiger partial charge in [0, 0.05) is 0 Å². The van der Waals surface area contributed by atoms with Gasteiger partial charge in [-0.2, -0.15) is 0 Å². The summed E-state index contributed by atoms with van der Waals surface area (Å²) < 4.78 is 0. The molecule has 0 saturated carbocycles.